The molecule has 0 aliphatic rings. The van der Waals surface area contributed by atoms with Gasteiger partial charge in [-0.3, -0.25) is 10.1 Å². The van der Waals surface area contributed by atoms with Crippen LogP contribution in [0, 0.1) is 6.92 Å². The van der Waals surface area contributed by atoms with Crippen LogP contribution in [0.3, 0.4) is 0 Å². The topological polar surface area (TPSA) is 96.0 Å². The zero-order valence-electron chi connectivity index (χ0n) is 19.5. The summed E-state index contributed by atoms with van der Waals surface area (Å²) in [5, 5.41) is 16.3. The number of aromatic nitrogens is 2. The maximum Gasteiger partial charge on any atom is 0.418 e. The van der Waals surface area contributed by atoms with Gasteiger partial charge in [0.05, 0.1) is 11.3 Å². The number of halogens is 3. The number of nitrogens with one attached hydrogen (secondary N) is 3. The number of anilines is 2. The largest absolute Gasteiger partial charge is 0.418 e. The fourth-order valence-corrected chi connectivity index (χ4v) is 4.25. The van der Waals surface area contributed by atoms with Gasteiger partial charge in [0.1, 0.15) is 11.0 Å². The van der Waals surface area contributed by atoms with E-state index in [9.17, 15) is 22.8 Å². The Morgan fingerprint density at radius 3 is 2.27 bits per heavy atom. The molecular weight excluding hydrogens is 503 g/mol. The van der Waals surface area contributed by atoms with Crippen molar-refractivity contribution in [1.82, 2.24) is 15.5 Å². The average molecular weight is 526 g/mol. The lowest BCUT2D eigenvalue weighted by atomic mass is 10.1. The summed E-state index contributed by atoms with van der Waals surface area (Å²) in [4.78, 5) is 25.8. The van der Waals surface area contributed by atoms with Gasteiger partial charge in [0, 0.05) is 12.0 Å². The Morgan fingerprint density at radius 2 is 1.57 bits per heavy atom. The van der Waals surface area contributed by atoms with Gasteiger partial charge in [-0.15, -0.1) is 10.2 Å². The molecule has 0 saturated heterocycles. The van der Waals surface area contributed by atoms with Gasteiger partial charge < -0.3 is 10.6 Å². The highest BCUT2D eigenvalue weighted by Gasteiger charge is 2.34. The highest BCUT2D eigenvalue weighted by atomic mass is 32.1. The minimum absolute atomic E-state index is 0.102. The average Bonchev–Trinajstić information content (AvgIpc) is 3.33. The van der Waals surface area contributed by atoms with Crippen LogP contribution in [-0.4, -0.2) is 28.2 Å². The van der Waals surface area contributed by atoms with E-state index in [0.717, 1.165) is 40.2 Å². The first kappa shape index (κ1) is 25.8. The molecule has 4 rings (SSSR count). The predicted molar refractivity (Wildman–Crippen MR) is 136 cm³/mol. The van der Waals surface area contributed by atoms with E-state index in [2.05, 4.69) is 26.1 Å². The molecular formula is C26H22F3N5O2S. The number of nitrogens with zero attached hydrogens (tertiary/aromatic N) is 2. The number of rotatable bonds is 7. The van der Waals surface area contributed by atoms with E-state index in [0.29, 0.717) is 5.01 Å². The van der Waals surface area contributed by atoms with Crippen LogP contribution in [0.1, 0.15) is 16.7 Å². The number of alkyl halides is 3. The minimum Gasteiger partial charge on any atom is -0.326 e. The van der Waals surface area contributed by atoms with Crippen molar-refractivity contribution in [3.05, 3.63) is 95.6 Å². The Hall–Kier alpha value is -4.25. The molecule has 190 valence electrons. The molecule has 0 spiro atoms. The van der Waals surface area contributed by atoms with E-state index < -0.39 is 35.4 Å². The molecule has 0 aliphatic carbocycles. The van der Waals surface area contributed by atoms with E-state index >= 15 is 0 Å². The lowest BCUT2D eigenvalue weighted by Crippen LogP contribution is -2.47. The predicted octanol–water partition coefficient (Wildman–Crippen LogP) is 5.90. The summed E-state index contributed by atoms with van der Waals surface area (Å²) in [7, 11) is 0. The smallest absolute Gasteiger partial charge is 0.326 e. The molecule has 4 aromatic rings. The van der Waals surface area contributed by atoms with Gasteiger partial charge in [0.15, 0.2) is 0 Å². The molecule has 3 N–H and O–H groups in total. The molecule has 1 unspecified atom stereocenters. The number of carbonyl (C=O) groups is 2. The van der Waals surface area contributed by atoms with Crippen molar-refractivity contribution < 1.29 is 22.8 Å². The van der Waals surface area contributed by atoms with Crippen LogP contribution in [0.4, 0.5) is 28.8 Å². The van der Waals surface area contributed by atoms with E-state index in [4.69, 9.17) is 0 Å². The summed E-state index contributed by atoms with van der Waals surface area (Å²) in [6.07, 6.45) is -4.55. The monoisotopic (exact) mass is 525 g/mol. The Balaban J connectivity index is 1.50. The van der Waals surface area contributed by atoms with Gasteiger partial charge >= 0.3 is 12.2 Å². The van der Waals surface area contributed by atoms with E-state index in [1.807, 2.05) is 31.2 Å². The minimum atomic E-state index is -4.66. The first-order chi connectivity index (χ1) is 17.7. The summed E-state index contributed by atoms with van der Waals surface area (Å²) >= 11 is 1.16. The molecule has 3 aromatic carbocycles. The van der Waals surface area contributed by atoms with Crippen molar-refractivity contribution in [2.75, 3.05) is 10.6 Å². The SMILES string of the molecule is Cc1ccc(-c2nnc(NC(=O)C(Cc3ccccc3)NC(=O)Nc3ccccc3C(F)(F)F)s2)cc1. The molecule has 0 bridgehead atoms. The number of hydrogen-bond acceptors (Lipinski definition) is 5. The number of para-hydroxylation sites is 1. The van der Waals surface area contributed by atoms with Gasteiger partial charge in [-0.05, 0) is 24.6 Å². The van der Waals surface area contributed by atoms with Crippen molar-refractivity contribution in [2.24, 2.45) is 0 Å². The molecule has 3 amide bonds. The summed E-state index contributed by atoms with van der Waals surface area (Å²) in [5.74, 6) is -0.588. The lowest BCUT2D eigenvalue weighted by Gasteiger charge is -2.19. The second-order valence-corrected chi connectivity index (χ2v) is 9.13. The standard InChI is InChI=1S/C26H22F3N5O2S/c1-16-11-13-18(14-12-16)23-33-34-25(37-23)32-22(35)21(15-17-7-3-2-4-8-17)31-24(36)30-20-10-6-5-9-19(20)26(27,28)29/h2-14,21H,15H2,1H3,(H2,30,31,36)(H,32,34,35). The molecule has 1 heterocycles. The maximum atomic E-state index is 13.3. The highest BCUT2D eigenvalue weighted by Crippen LogP contribution is 2.34. The summed E-state index contributed by atoms with van der Waals surface area (Å²) in [6.45, 7) is 1.97. The van der Waals surface area contributed by atoms with Crippen molar-refractivity contribution in [3.63, 3.8) is 0 Å². The van der Waals surface area contributed by atoms with Crippen LogP contribution in [0.15, 0.2) is 78.9 Å². The Morgan fingerprint density at radius 1 is 0.892 bits per heavy atom. The van der Waals surface area contributed by atoms with Gasteiger partial charge in [0.25, 0.3) is 0 Å². The van der Waals surface area contributed by atoms with E-state index in [-0.39, 0.29) is 11.6 Å². The van der Waals surface area contributed by atoms with Crippen LogP contribution in [-0.2, 0) is 17.4 Å². The Kier molecular flexibility index (Phi) is 7.83. The normalized spacial score (nSPS) is 12.0. The first-order valence-electron chi connectivity index (χ1n) is 11.2. The second-order valence-electron chi connectivity index (χ2n) is 8.15. The van der Waals surface area contributed by atoms with Gasteiger partial charge in [-0.2, -0.15) is 13.2 Å². The molecule has 1 aromatic heterocycles. The van der Waals surface area contributed by atoms with Crippen molar-refractivity contribution in [2.45, 2.75) is 25.6 Å². The van der Waals surface area contributed by atoms with Crippen molar-refractivity contribution >= 4 is 34.1 Å². The Bertz CT molecular complexity index is 1370. The number of hydrogen-bond donors (Lipinski definition) is 3. The van der Waals surface area contributed by atoms with Gasteiger partial charge in [-0.25, -0.2) is 4.79 Å². The van der Waals surface area contributed by atoms with Crippen LogP contribution < -0.4 is 16.0 Å². The van der Waals surface area contributed by atoms with Crippen LogP contribution in [0.2, 0.25) is 0 Å². The molecule has 37 heavy (non-hydrogen) atoms. The fourth-order valence-electron chi connectivity index (χ4n) is 3.49. The number of benzene rings is 3. The van der Waals surface area contributed by atoms with E-state index in [1.54, 1.807) is 30.3 Å². The zero-order chi connectivity index (χ0) is 26.4. The van der Waals surface area contributed by atoms with Gasteiger partial charge in [-0.1, -0.05) is 83.6 Å². The Labute approximate surface area is 214 Å². The third kappa shape index (κ3) is 6.91. The van der Waals surface area contributed by atoms with Crippen LogP contribution in [0.25, 0.3) is 10.6 Å². The molecule has 0 radical (unpaired) electrons. The summed E-state index contributed by atoms with van der Waals surface area (Å²) in [5.41, 5.74) is 1.26. The quantitative estimate of drug-likeness (QED) is 0.280. The third-order valence-corrected chi connectivity index (χ3v) is 6.23. The van der Waals surface area contributed by atoms with E-state index in [1.165, 1.54) is 12.1 Å². The lowest BCUT2D eigenvalue weighted by molar-refractivity contribution is -0.137. The third-order valence-electron chi connectivity index (χ3n) is 5.34. The van der Waals surface area contributed by atoms with Crippen LogP contribution in [0.5, 0.6) is 0 Å². The molecule has 0 aliphatic heterocycles. The number of urea groups is 1. The summed E-state index contributed by atoms with van der Waals surface area (Å²) < 4.78 is 39.9. The van der Waals surface area contributed by atoms with Crippen LogP contribution >= 0.6 is 11.3 Å². The molecule has 11 heteroatoms. The van der Waals surface area contributed by atoms with Crippen molar-refractivity contribution in [3.8, 4) is 10.6 Å². The number of carbonyl (C=O) groups excluding carboxylic acids is 2. The first-order valence-corrected chi connectivity index (χ1v) is 12.0. The number of amides is 3. The molecule has 0 fully saturated rings. The second kappa shape index (κ2) is 11.2. The molecule has 1 atom stereocenters. The molecule has 0 saturated carbocycles. The van der Waals surface area contributed by atoms with Crippen molar-refractivity contribution in [1.29, 1.82) is 0 Å². The fraction of sp³-hybridized carbons (Fsp3) is 0.154. The molecule has 7 nitrogen and oxygen atoms in total. The highest BCUT2D eigenvalue weighted by molar-refractivity contribution is 7.18. The zero-order valence-corrected chi connectivity index (χ0v) is 20.4. The maximum absolute atomic E-state index is 13.3. The summed E-state index contributed by atoms with van der Waals surface area (Å²) in [6, 6.07) is 19.1. The number of aryl methyl sites for hydroxylation is 1. The van der Waals surface area contributed by atoms with Gasteiger partial charge in [0.2, 0.25) is 11.0 Å².